The molecule has 1 unspecified atom stereocenters. The van der Waals surface area contributed by atoms with E-state index >= 15 is 0 Å². The monoisotopic (exact) mass is 378 g/mol. The van der Waals surface area contributed by atoms with Crippen LogP contribution in [0.1, 0.15) is 52.8 Å². The average Bonchev–Trinajstić information content (AvgIpc) is 3.44. The highest BCUT2D eigenvalue weighted by Crippen LogP contribution is 2.29. The number of likely N-dealkylation sites (tertiary alicyclic amines) is 1. The Morgan fingerprint density at radius 2 is 1.93 bits per heavy atom. The van der Waals surface area contributed by atoms with Crippen molar-refractivity contribution in [3.8, 4) is 5.69 Å². The summed E-state index contributed by atoms with van der Waals surface area (Å²) in [6, 6.07) is 9.48. The van der Waals surface area contributed by atoms with Crippen LogP contribution in [0, 0.1) is 0 Å². The Morgan fingerprint density at radius 3 is 2.79 bits per heavy atom. The summed E-state index contributed by atoms with van der Waals surface area (Å²) in [4.78, 5) is 27.3. The summed E-state index contributed by atoms with van der Waals surface area (Å²) in [5, 5.41) is 14.2. The van der Waals surface area contributed by atoms with Crippen molar-refractivity contribution in [2.45, 2.75) is 38.0 Å². The second-order valence-electron chi connectivity index (χ2n) is 7.53. The van der Waals surface area contributed by atoms with Crippen molar-refractivity contribution in [1.82, 2.24) is 29.9 Å². The molecule has 2 aromatic heterocycles. The standard InChI is InChI=1S/C20H22N6O2/c27-19(17-15-9-4-10-16(15)21-22-17)25-11-5-6-13(12-25)18-23-24-20(28)26(18)14-7-2-1-3-8-14/h1-3,7-8,13H,4-6,9-12H2,(H,21,22)(H,24,28). The van der Waals surface area contributed by atoms with Gasteiger partial charge in [-0.2, -0.15) is 10.2 Å². The highest BCUT2D eigenvalue weighted by molar-refractivity contribution is 5.94. The molecule has 1 saturated heterocycles. The van der Waals surface area contributed by atoms with E-state index in [0.29, 0.717) is 24.6 Å². The number of rotatable bonds is 3. The minimum Gasteiger partial charge on any atom is -0.337 e. The average molecular weight is 378 g/mol. The van der Waals surface area contributed by atoms with Crippen LogP contribution in [0.2, 0.25) is 0 Å². The quantitative estimate of drug-likeness (QED) is 0.726. The molecule has 1 atom stereocenters. The summed E-state index contributed by atoms with van der Waals surface area (Å²) < 4.78 is 1.62. The van der Waals surface area contributed by atoms with E-state index in [-0.39, 0.29) is 17.5 Å². The molecule has 3 aromatic rings. The predicted molar refractivity (Wildman–Crippen MR) is 103 cm³/mol. The Bertz CT molecular complexity index is 1060. The third kappa shape index (κ3) is 2.76. The molecule has 2 N–H and O–H groups in total. The lowest BCUT2D eigenvalue weighted by Gasteiger charge is -2.32. The molecule has 0 radical (unpaired) electrons. The van der Waals surface area contributed by atoms with Crippen LogP contribution < -0.4 is 5.69 Å². The number of carbonyl (C=O) groups is 1. The van der Waals surface area contributed by atoms with Gasteiger partial charge in [-0.3, -0.25) is 9.89 Å². The fourth-order valence-corrected chi connectivity index (χ4v) is 4.43. The molecule has 5 rings (SSSR count). The van der Waals surface area contributed by atoms with Crippen molar-refractivity contribution in [2.24, 2.45) is 0 Å². The third-order valence-electron chi connectivity index (χ3n) is 5.80. The number of aromatic amines is 2. The number of nitrogens with one attached hydrogen (secondary N) is 2. The number of carbonyl (C=O) groups excluding carboxylic acids is 1. The summed E-state index contributed by atoms with van der Waals surface area (Å²) >= 11 is 0. The molecule has 2 aliphatic rings. The van der Waals surface area contributed by atoms with Crippen LogP contribution in [0.25, 0.3) is 5.69 Å². The molecule has 0 saturated carbocycles. The van der Waals surface area contributed by atoms with Crippen LogP contribution in [-0.2, 0) is 12.8 Å². The maximum atomic E-state index is 13.1. The lowest BCUT2D eigenvalue weighted by Crippen LogP contribution is -2.40. The smallest absolute Gasteiger partial charge is 0.337 e. The van der Waals surface area contributed by atoms with E-state index in [1.165, 1.54) is 0 Å². The van der Waals surface area contributed by atoms with Crippen LogP contribution in [0.4, 0.5) is 0 Å². The molecular weight excluding hydrogens is 356 g/mol. The Hall–Kier alpha value is -3.16. The minimum absolute atomic E-state index is 0.00356. The molecule has 1 aliphatic carbocycles. The van der Waals surface area contributed by atoms with Crippen LogP contribution in [0.3, 0.4) is 0 Å². The minimum atomic E-state index is -0.255. The summed E-state index contributed by atoms with van der Waals surface area (Å²) in [7, 11) is 0. The number of H-pyrrole nitrogens is 2. The maximum Gasteiger partial charge on any atom is 0.347 e. The van der Waals surface area contributed by atoms with Crippen molar-refractivity contribution in [3.05, 3.63) is 63.6 Å². The molecule has 28 heavy (non-hydrogen) atoms. The van der Waals surface area contributed by atoms with Gasteiger partial charge in [0.25, 0.3) is 5.91 Å². The van der Waals surface area contributed by atoms with E-state index < -0.39 is 0 Å². The normalized spacial score (nSPS) is 19.0. The second-order valence-corrected chi connectivity index (χ2v) is 7.53. The van der Waals surface area contributed by atoms with Crippen molar-refractivity contribution in [2.75, 3.05) is 13.1 Å². The zero-order valence-corrected chi connectivity index (χ0v) is 15.5. The van der Waals surface area contributed by atoms with E-state index in [4.69, 9.17) is 0 Å². The number of fused-ring (bicyclic) bond motifs is 1. The van der Waals surface area contributed by atoms with Gasteiger partial charge >= 0.3 is 5.69 Å². The molecule has 8 heteroatoms. The number of hydrogen-bond donors (Lipinski definition) is 2. The van der Waals surface area contributed by atoms with Crippen LogP contribution in [0.5, 0.6) is 0 Å². The van der Waals surface area contributed by atoms with Crippen molar-refractivity contribution in [1.29, 1.82) is 0 Å². The van der Waals surface area contributed by atoms with E-state index in [1.54, 1.807) is 4.57 Å². The summed E-state index contributed by atoms with van der Waals surface area (Å²) in [5.74, 6) is 0.665. The highest BCUT2D eigenvalue weighted by atomic mass is 16.2. The first-order valence-electron chi connectivity index (χ1n) is 9.80. The second kappa shape index (κ2) is 6.78. The van der Waals surface area contributed by atoms with Crippen molar-refractivity contribution < 1.29 is 4.79 Å². The van der Waals surface area contributed by atoms with E-state index in [2.05, 4.69) is 20.4 Å². The number of aryl methyl sites for hydroxylation is 1. The summed E-state index contributed by atoms with van der Waals surface area (Å²) in [6.45, 7) is 1.24. The molecule has 1 aromatic carbocycles. The van der Waals surface area contributed by atoms with Gasteiger partial charge in [-0.25, -0.2) is 14.5 Å². The van der Waals surface area contributed by atoms with E-state index in [1.807, 2.05) is 35.2 Å². The van der Waals surface area contributed by atoms with Gasteiger partial charge < -0.3 is 4.90 Å². The van der Waals surface area contributed by atoms with Gasteiger partial charge in [0.1, 0.15) is 5.82 Å². The lowest BCUT2D eigenvalue weighted by molar-refractivity contribution is 0.0697. The van der Waals surface area contributed by atoms with Gasteiger partial charge in [0.15, 0.2) is 5.69 Å². The topological polar surface area (TPSA) is 99.7 Å². The molecular formula is C20H22N6O2. The molecule has 1 amide bonds. The molecule has 8 nitrogen and oxygen atoms in total. The Kier molecular flexibility index (Phi) is 4.11. The van der Waals surface area contributed by atoms with Crippen molar-refractivity contribution >= 4 is 5.91 Å². The predicted octanol–water partition coefficient (Wildman–Crippen LogP) is 1.79. The number of piperidine rings is 1. The van der Waals surface area contributed by atoms with Crippen LogP contribution in [-0.4, -0.2) is 48.9 Å². The fraction of sp³-hybridized carbons (Fsp3) is 0.400. The summed E-state index contributed by atoms with van der Waals surface area (Å²) in [5.41, 5.74) is 3.27. The molecule has 144 valence electrons. The Morgan fingerprint density at radius 1 is 1.07 bits per heavy atom. The van der Waals surface area contributed by atoms with Gasteiger partial charge in [-0.15, -0.1) is 0 Å². The van der Waals surface area contributed by atoms with Gasteiger partial charge in [0, 0.05) is 30.3 Å². The van der Waals surface area contributed by atoms with Gasteiger partial charge in [0.2, 0.25) is 0 Å². The van der Waals surface area contributed by atoms with Gasteiger partial charge in [-0.1, -0.05) is 18.2 Å². The fourth-order valence-electron chi connectivity index (χ4n) is 4.43. The van der Waals surface area contributed by atoms with Crippen LogP contribution in [0.15, 0.2) is 35.1 Å². The summed E-state index contributed by atoms with van der Waals surface area (Å²) in [6.07, 6.45) is 4.72. The number of amides is 1. The Labute approximate surface area is 161 Å². The van der Waals surface area contributed by atoms with E-state index in [0.717, 1.165) is 49.0 Å². The molecule has 1 aliphatic heterocycles. The molecule has 0 bridgehead atoms. The number of nitrogens with zero attached hydrogens (tertiary/aromatic N) is 4. The highest BCUT2D eigenvalue weighted by Gasteiger charge is 2.32. The third-order valence-corrected chi connectivity index (χ3v) is 5.80. The molecule has 1 fully saturated rings. The zero-order chi connectivity index (χ0) is 19.1. The van der Waals surface area contributed by atoms with Crippen molar-refractivity contribution in [3.63, 3.8) is 0 Å². The zero-order valence-electron chi connectivity index (χ0n) is 15.5. The molecule has 3 heterocycles. The number of para-hydroxylation sites is 1. The number of aromatic nitrogens is 5. The number of hydrogen-bond acceptors (Lipinski definition) is 4. The van der Waals surface area contributed by atoms with Crippen LogP contribution >= 0.6 is 0 Å². The maximum absolute atomic E-state index is 13.1. The van der Waals surface area contributed by atoms with Gasteiger partial charge in [0.05, 0.1) is 5.69 Å². The molecule has 0 spiro atoms. The lowest BCUT2D eigenvalue weighted by atomic mass is 9.96. The number of benzene rings is 1. The van der Waals surface area contributed by atoms with Gasteiger partial charge in [-0.05, 0) is 44.2 Å². The Balaban J connectivity index is 1.43. The SMILES string of the molecule is O=C(c1n[nH]c2c1CCC2)N1CCCC(c2n[nH]c(=O)n2-c2ccccc2)C1. The largest absolute Gasteiger partial charge is 0.347 e. The first-order valence-corrected chi connectivity index (χ1v) is 9.80. The first-order chi connectivity index (χ1) is 13.7. The first kappa shape index (κ1) is 17.0. The van der Waals surface area contributed by atoms with E-state index in [9.17, 15) is 9.59 Å².